The van der Waals surface area contributed by atoms with Gasteiger partial charge < -0.3 is 14.8 Å². The zero-order valence-electron chi connectivity index (χ0n) is 12.5. The van der Waals surface area contributed by atoms with Crippen molar-refractivity contribution in [2.24, 2.45) is 0 Å². The first-order valence-electron chi connectivity index (χ1n) is 7.36. The van der Waals surface area contributed by atoms with Gasteiger partial charge in [0.05, 0.1) is 19.3 Å². The van der Waals surface area contributed by atoms with Crippen LogP contribution in [0.3, 0.4) is 0 Å². The molecule has 1 fully saturated rings. The summed E-state index contributed by atoms with van der Waals surface area (Å²) >= 11 is 0. The molecule has 3 unspecified atom stereocenters. The molecule has 1 aromatic rings. The monoisotopic (exact) mass is 281 g/mol. The molecule has 4 heteroatoms. The van der Waals surface area contributed by atoms with Gasteiger partial charge in [-0.15, -0.1) is 0 Å². The Kier molecular flexibility index (Phi) is 5.38. The number of halogens is 1. The molecular weight excluding hydrogens is 257 g/mol. The zero-order valence-corrected chi connectivity index (χ0v) is 12.5. The topological polar surface area (TPSA) is 30.5 Å². The minimum Gasteiger partial charge on any atom is -0.494 e. The van der Waals surface area contributed by atoms with Crippen molar-refractivity contribution in [2.45, 2.75) is 51.4 Å². The number of hydrogen-bond acceptors (Lipinski definition) is 3. The van der Waals surface area contributed by atoms with E-state index in [0.717, 1.165) is 19.4 Å². The Morgan fingerprint density at radius 2 is 2.25 bits per heavy atom. The van der Waals surface area contributed by atoms with Gasteiger partial charge in [-0.3, -0.25) is 0 Å². The van der Waals surface area contributed by atoms with Crippen LogP contribution in [0.2, 0.25) is 0 Å². The average molecular weight is 281 g/mol. The minimum absolute atomic E-state index is 0.145. The zero-order chi connectivity index (χ0) is 14.5. The maximum Gasteiger partial charge on any atom is 0.168 e. The molecule has 1 saturated heterocycles. The highest BCUT2D eigenvalue weighted by atomic mass is 19.1. The molecule has 0 saturated carbocycles. The average Bonchev–Trinajstić information content (AvgIpc) is 2.87. The molecule has 0 aromatic heterocycles. The Bertz CT molecular complexity index is 438. The first kappa shape index (κ1) is 15.3. The molecule has 112 valence electrons. The maximum atomic E-state index is 14.2. The SMILES string of the molecule is CCNC(Cc1cccc(OC)c1F)C1CCC(C)O1. The predicted octanol–water partition coefficient (Wildman–Crippen LogP) is 2.92. The summed E-state index contributed by atoms with van der Waals surface area (Å²) in [6, 6.07) is 5.44. The molecule has 0 radical (unpaired) electrons. The van der Waals surface area contributed by atoms with E-state index in [4.69, 9.17) is 9.47 Å². The third-order valence-electron chi connectivity index (χ3n) is 3.88. The van der Waals surface area contributed by atoms with Gasteiger partial charge in [0, 0.05) is 6.04 Å². The van der Waals surface area contributed by atoms with E-state index in [2.05, 4.69) is 19.2 Å². The molecule has 2 rings (SSSR count). The van der Waals surface area contributed by atoms with Crippen molar-refractivity contribution in [1.29, 1.82) is 0 Å². The van der Waals surface area contributed by atoms with Crippen LogP contribution >= 0.6 is 0 Å². The smallest absolute Gasteiger partial charge is 0.168 e. The van der Waals surface area contributed by atoms with Gasteiger partial charge in [0.25, 0.3) is 0 Å². The number of benzene rings is 1. The van der Waals surface area contributed by atoms with Crippen molar-refractivity contribution < 1.29 is 13.9 Å². The highest BCUT2D eigenvalue weighted by Gasteiger charge is 2.30. The summed E-state index contributed by atoms with van der Waals surface area (Å²) in [7, 11) is 1.49. The van der Waals surface area contributed by atoms with Gasteiger partial charge in [-0.25, -0.2) is 4.39 Å². The standard InChI is InChI=1S/C16H24FNO2/c1-4-18-13(14-9-8-11(2)20-14)10-12-6-5-7-15(19-3)16(12)17/h5-7,11,13-14,18H,4,8-10H2,1-3H3. The molecule has 1 aliphatic rings. The van der Waals surface area contributed by atoms with E-state index in [1.54, 1.807) is 6.07 Å². The molecule has 3 atom stereocenters. The molecule has 1 aliphatic heterocycles. The molecule has 3 nitrogen and oxygen atoms in total. The first-order chi connectivity index (χ1) is 9.65. The molecule has 1 N–H and O–H groups in total. The van der Waals surface area contributed by atoms with E-state index < -0.39 is 0 Å². The molecule has 0 spiro atoms. The van der Waals surface area contributed by atoms with Gasteiger partial charge in [0.15, 0.2) is 11.6 Å². The van der Waals surface area contributed by atoms with Crippen LogP contribution in [0.25, 0.3) is 0 Å². The van der Waals surface area contributed by atoms with Crippen molar-refractivity contribution in [2.75, 3.05) is 13.7 Å². The van der Waals surface area contributed by atoms with E-state index in [9.17, 15) is 4.39 Å². The number of likely N-dealkylation sites (N-methyl/N-ethyl adjacent to an activating group) is 1. The van der Waals surface area contributed by atoms with E-state index in [1.165, 1.54) is 7.11 Å². The van der Waals surface area contributed by atoms with Crippen LogP contribution in [0.5, 0.6) is 5.75 Å². The first-order valence-corrected chi connectivity index (χ1v) is 7.36. The van der Waals surface area contributed by atoms with Crippen LogP contribution in [0.15, 0.2) is 18.2 Å². The number of methoxy groups -OCH3 is 1. The fraction of sp³-hybridized carbons (Fsp3) is 0.625. The summed E-state index contributed by atoms with van der Waals surface area (Å²) in [5, 5.41) is 3.43. The highest BCUT2D eigenvalue weighted by Crippen LogP contribution is 2.26. The lowest BCUT2D eigenvalue weighted by Gasteiger charge is -2.25. The minimum atomic E-state index is -0.260. The molecular formula is C16H24FNO2. The van der Waals surface area contributed by atoms with Gasteiger partial charge in [-0.05, 0) is 44.4 Å². The maximum absolute atomic E-state index is 14.2. The fourth-order valence-electron chi connectivity index (χ4n) is 2.84. The number of ether oxygens (including phenoxy) is 2. The lowest BCUT2D eigenvalue weighted by molar-refractivity contribution is 0.0322. The van der Waals surface area contributed by atoms with Crippen molar-refractivity contribution >= 4 is 0 Å². The van der Waals surface area contributed by atoms with Crippen LogP contribution < -0.4 is 10.1 Å². The quantitative estimate of drug-likeness (QED) is 0.869. The van der Waals surface area contributed by atoms with E-state index in [-0.39, 0.29) is 18.0 Å². The summed E-state index contributed by atoms with van der Waals surface area (Å²) in [4.78, 5) is 0. The van der Waals surface area contributed by atoms with Crippen molar-refractivity contribution in [1.82, 2.24) is 5.32 Å². The summed E-state index contributed by atoms with van der Waals surface area (Å²) in [6.45, 7) is 5.01. The third kappa shape index (κ3) is 3.49. The van der Waals surface area contributed by atoms with E-state index in [1.807, 2.05) is 12.1 Å². The second kappa shape index (κ2) is 7.04. The van der Waals surface area contributed by atoms with Gasteiger partial charge in [0.2, 0.25) is 0 Å². The molecule has 0 amide bonds. The lowest BCUT2D eigenvalue weighted by Crippen LogP contribution is -2.41. The summed E-state index contributed by atoms with van der Waals surface area (Å²) in [6.07, 6.45) is 3.19. The van der Waals surface area contributed by atoms with Crippen molar-refractivity contribution in [3.8, 4) is 5.75 Å². The lowest BCUT2D eigenvalue weighted by atomic mass is 9.98. The summed E-state index contributed by atoms with van der Waals surface area (Å²) < 4.78 is 25.2. The van der Waals surface area contributed by atoms with Crippen LogP contribution in [0.4, 0.5) is 4.39 Å². The molecule has 1 aromatic carbocycles. The summed E-state index contributed by atoms with van der Waals surface area (Å²) in [5.41, 5.74) is 0.679. The second-order valence-electron chi connectivity index (χ2n) is 5.36. The Morgan fingerprint density at radius 3 is 2.85 bits per heavy atom. The van der Waals surface area contributed by atoms with Crippen LogP contribution in [-0.4, -0.2) is 31.9 Å². The number of nitrogens with one attached hydrogen (secondary N) is 1. The fourth-order valence-corrected chi connectivity index (χ4v) is 2.84. The Hall–Kier alpha value is -1.13. The summed E-state index contributed by atoms with van der Waals surface area (Å²) in [5.74, 6) is 0.0439. The van der Waals surface area contributed by atoms with Crippen LogP contribution in [-0.2, 0) is 11.2 Å². The molecule has 0 aliphatic carbocycles. The van der Waals surface area contributed by atoms with E-state index >= 15 is 0 Å². The Labute approximate surface area is 120 Å². The Balaban J connectivity index is 2.11. The van der Waals surface area contributed by atoms with Crippen molar-refractivity contribution in [3.63, 3.8) is 0 Å². The molecule has 0 bridgehead atoms. The number of rotatable bonds is 6. The third-order valence-corrected chi connectivity index (χ3v) is 3.88. The normalized spacial score (nSPS) is 23.8. The van der Waals surface area contributed by atoms with Crippen LogP contribution in [0, 0.1) is 5.82 Å². The van der Waals surface area contributed by atoms with Crippen molar-refractivity contribution in [3.05, 3.63) is 29.6 Å². The van der Waals surface area contributed by atoms with Gasteiger partial charge in [0.1, 0.15) is 0 Å². The number of hydrogen-bond donors (Lipinski definition) is 1. The van der Waals surface area contributed by atoms with E-state index in [0.29, 0.717) is 23.8 Å². The second-order valence-corrected chi connectivity index (χ2v) is 5.36. The van der Waals surface area contributed by atoms with Crippen LogP contribution in [0.1, 0.15) is 32.3 Å². The molecule has 20 heavy (non-hydrogen) atoms. The Morgan fingerprint density at radius 1 is 1.45 bits per heavy atom. The largest absolute Gasteiger partial charge is 0.494 e. The van der Waals surface area contributed by atoms with Gasteiger partial charge >= 0.3 is 0 Å². The predicted molar refractivity (Wildman–Crippen MR) is 77.7 cm³/mol. The molecule has 1 heterocycles. The van der Waals surface area contributed by atoms with Gasteiger partial charge in [-0.2, -0.15) is 0 Å². The van der Waals surface area contributed by atoms with Gasteiger partial charge in [-0.1, -0.05) is 19.1 Å². The highest BCUT2D eigenvalue weighted by molar-refractivity contribution is 5.31.